The van der Waals surface area contributed by atoms with Gasteiger partial charge in [0.2, 0.25) is 5.88 Å². The summed E-state index contributed by atoms with van der Waals surface area (Å²) in [5.41, 5.74) is 1.27. The van der Waals surface area contributed by atoms with Crippen molar-refractivity contribution >= 4 is 5.91 Å². The van der Waals surface area contributed by atoms with Crippen molar-refractivity contribution < 1.29 is 23.4 Å². The summed E-state index contributed by atoms with van der Waals surface area (Å²) in [6, 6.07) is 4.98. The Morgan fingerprint density at radius 3 is 2.76 bits per heavy atom. The summed E-state index contributed by atoms with van der Waals surface area (Å²) < 4.78 is 32.5. The van der Waals surface area contributed by atoms with Gasteiger partial charge in [-0.25, -0.2) is 13.8 Å². The van der Waals surface area contributed by atoms with Crippen LogP contribution in [-0.4, -0.2) is 33.1 Å². The number of rotatable bonds is 5. The van der Waals surface area contributed by atoms with Crippen LogP contribution in [0.4, 0.5) is 8.78 Å². The molecule has 0 fully saturated rings. The van der Waals surface area contributed by atoms with Crippen LogP contribution in [0.1, 0.15) is 35.3 Å². The van der Waals surface area contributed by atoms with Crippen molar-refractivity contribution in [1.29, 1.82) is 0 Å². The standard InChI is InChI=1S/C18H18F2N2O3/c1-10(23)11(2)25-17-16-13(5-6-21-17)9-22(18(16)24)8-12-3-4-14(19)7-15(12)20/h3-7,10-11,23H,8-9H2,1-2H3/t10-,11-/m1/s1. The fourth-order valence-electron chi connectivity index (χ4n) is 2.62. The Labute approximate surface area is 143 Å². The average Bonchev–Trinajstić information content (AvgIpc) is 2.87. The van der Waals surface area contributed by atoms with Gasteiger partial charge in [0.25, 0.3) is 5.91 Å². The minimum absolute atomic E-state index is 0.0189. The van der Waals surface area contributed by atoms with E-state index in [-0.39, 0.29) is 30.4 Å². The van der Waals surface area contributed by atoms with Crippen LogP contribution in [0, 0.1) is 11.6 Å². The number of nitrogens with zero attached hydrogens (tertiary/aromatic N) is 2. The maximum absolute atomic E-state index is 13.9. The van der Waals surface area contributed by atoms with Gasteiger partial charge >= 0.3 is 0 Å². The number of hydrogen-bond donors (Lipinski definition) is 1. The third-order valence-corrected chi connectivity index (χ3v) is 4.22. The van der Waals surface area contributed by atoms with Crippen LogP contribution >= 0.6 is 0 Å². The number of aliphatic hydroxyl groups excluding tert-OH is 1. The van der Waals surface area contributed by atoms with E-state index in [0.717, 1.165) is 17.7 Å². The molecule has 5 nitrogen and oxygen atoms in total. The zero-order valence-electron chi connectivity index (χ0n) is 13.9. The molecule has 1 aliphatic heterocycles. The number of fused-ring (bicyclic) bond motifs is 1. The molecule has 7 heteroatoms. The minimum Gasteiger partial charge on any atom is -0.471 e. The van der Waals surface area contributed by atoms with Crippen molar-refractivity contribution in [3.8, 4) is 5.88 Å². The van der Waals surface area contributed by atoms with Gasteiger partial charge in [-0.3, -0.25) is 4.79 Å². The number of hydrogen-bond acceptors (Lipinski definition) is 4. The fraction of sp³-hybridized carbons (Fsp3) is 0.333. The van der Waals surface area contributed by atoms with E-state index in [1.54, 1.807) is 19.9 Å². The highest BCUT2D eigenvalue weighted by atomic mass is 19.1. The number of amides is 1. The second-order valence-corrected chi connectivity index (χ2v) is 6.11. The minimum atomic E-state index is -0.724. The zero-order chi connectivity index (χ0) is 18.1. The van der Waals surface area contributed by atoms with Gasteiger partial charge in [-0.2, -0.15) is 0 Å². The first kappa shape index (κ1) is 17.3. The Hall–Kier alpha value is -2.54. The van der Waals surface area contributed by atoms with Gasteiger partial charge in [0.05, 0.1) is 6.10 Å². The molecule has 0 radical (unpaired) electrons. The fourth-order valence-corrected chi connectivity index (χ4v) is 2.62. The molecule has 0 saturated carbocycles. The van der Waals surface area contributed by atoms with Gasteiger partial charge in [-0.05, 0) is 31.5 Å². The maximum atomic E-state index is 13.9. The predicted octanol–water partition coefficient (Wildman–Crippen LogP) is 2.66. The second kappa shape index (κ2) is 6.76. The lowest BCUT2D eigenvalue weighted by Crippen LogP contribution is -2.28. The molecule has 132 valence electrons. The first-order chi connectivity index (χ1) is 11.9. The van der Waals surface area contributed by atoms with Crippen molar-refractivity contribution in [3.63, 3.8) is 0 Å². The Morgan fingerprint density at radius 1 is 1.32 bits per heavy atom. The highest BCUT2D eigenvalue weighted by Gasteiger charge is 2.32. The topological polar surface area (TPSA) is 62.7 Å². The summed E-state index contributed by atoms with van der Waals surface area (Å²) in [4.78, 5) is 18.2. The number of carbonyl (C=O) groups excluding carboxylic acids is 1. The van der Waals surface area contributed by atoms with E-state index in [2.05, 4.69) is 4.98 Å². The predicted molar refractivity (Wildman–Crippen MR) is 85.9 cm³/mol. The normalized spacial score (nSPS) is 15.9. The lowest BCUT2D eigenvalue weighted by atomic mass is 10.1. The van der Waals surface area contributed by atoms with Gasteiger partial charge in [-0.15, -0.1) is 0 Å². The molecular weight excluding hydrogens is 330 g/mol. The first-order valence-electron chi connectivity index (χ1n) is 7.92. The SMILES string of the molecule is C[C@@H](O)[C@@H](C)Oc1nccc2c1C(=O)N(Cc1ccc(F)cc1F)C2. The highest BCUT2D eigenvalue weighted by molar-refractivity contribution is 6.00. The number of pyridine rings is 1. The maximum Gasteiger partial charge on any atom is 0.260 e. The number of halogens is 2. The largest absolute Gasteiger partial charge is 0.471 e. The molecule has 0 aliphatic carbocycles. The summed E-state index contributed by atoms with van der Waals surface area (Å²) >= 11 is 0. The molecule has 3 rings (SSSR count). The molecule has 1 aliphatic rings. The van der Waals surface area contributed by atoms with Crippen LogP contribution in [0.2, 0.25) is 0 Å². The molecule has 0 unspecified atom stereocenters. The molecule has 2 aromatic rings. The summed E-state index contributed by atoms with van der Waals surface area (Å²) in [5, 5.41) is 9.58. The lowest BCUT2D eigenvalue weighted by molar-refractivity contribution is 0.0553. The van der Waals surface area contributed by atoms with Crippen molar-refractivity contribution in [2.45, 2.75) is 39.1 Å². The number of carbonyl (C=O) groups is 1. The number of benzene rings is 1. The Kier molecular flexibility index (Phi) is 4.67. The molecule has 1 amide bonds. The molecule has 0 spiro atoms. The van der Waals surface area contributed by atoms with E-state index in [1.807, 2.05) is 0 Å². The zero-order valence-corrected chi connectivity index (χ0v) is 13.9. The monoisotopic (exact) mass is 348 g/mol. The van der Waals surface area contributed by atoms with Gasteiger partial charge in [0.1, 0.15) is 23.3 Å². The van der Waals surface area contributed by atoms with Gasteiger partial charge in [-0.1, -0.05) is 6.07 Å². The Balaban J connectivity index is 1.84. The van der Waals surface area contributed by atoms with Crippen molar-refractivity contribution in [2.24, 2.45) is 0 Å². The first-order valence-corrected chi connectivity index (χ1v) is 7.92. The molecule has 2 atom stereocenters. The Morgan fingerprint density at radius 2 is 2.08 bits per heavy atom. The molecule has 0 saturated heterocycles. The van der Waals surface area contributed by atoms with Crippen LogP contribution in [0.25, 0.3) is 0 Å². The van der Waals surface area contributed by atoms with Crippen molar-refractivity contribution in [1.82, 2.24) is 9.88 Å². The second-order valence-electron chi connectivity index (χ2n) is 6.11. The van der Waals surface area contributed by atoms with Crippen LogP contribution < -0.4 is 4.74 Å². The number of aliphatic hydroxyl groups is 1. The summed E-state index contributed by atoms with van der Waals surface area (Å²) in [5.74, 6) is -1.54. The highest BCUT2D eigenvalue weighted by Crippen LogP contribution is 2.31. The quantitative estimate of drug-likeness (QED) is 0.902. The third-order valence-electron chi connectivity index (χ3n) is 4.22. The van der Waals surface area contributed by atoms with E-state index in [4.69, 9.17) is 4.74 Å². The van der Waals surface area contributed by atoms with Gasteiger partial charge < -0.3 is 14.7 Å². The summed E-state index contributed by atoms with van der Waals surface area (Å²) in [6.07, 6.45) is 0.270. The van der Waals surface area contributed by atoms with Crippen LogP contribution in [-0.2, 0) is 13.1 Å². The van der Waals surface area contributed by atoms with E-state index >= 15 is 0 Å². The van der Waals surface area contributed by atoms with Crippen LogP contribution in [0.5, 0.6) is 5.88 Å². The van der Waals surface area contributed by atoms with Crippen molar-refractivity contribution in [3.05, 3.63) is 58.8 Å². The average molecular weight is 348 g/mol. The molecule has 1 aromatic heterocycles. The molecular formula is C18H18F2N2O3. The van der Waals surface area contributed by atoms with E-state index < -0.39 is 23.8 Å². The van der Waals surface area contributed by atoms with E-state index in [9.17, 15) is 18.7 Å². The van der Waals surface area contributed by atoms with Gasteiger partial charge in [0, 0.05) is 30.9 Å². The van der Waals surface area contributed by atoms with Gasteiger partial charge in [0.15, 0.2) is 0 Å². The van der Waals surface area contributed by atoms with Crippen molar-refractivity contribution in [2.75, 3.05) is 0 Å². The molecule has 1 aromatic carbocycles. The van der Waals surface area contributed by atoms with E-state index in [0.29, 0.717) is 5.56 Å². The van der Waals surface area contributed by atoms with E-state index in [1.165, 1.54) is 17.2 Å². The number of ether oxygens (including phenoxy) is 1. The van der Waals surface area contributed by atoms with Crippen LogP contribution in [0.3, 0.4) is 0 Å². The molecule has 0 bridgehead atoms. The lowest BCUT2D eigenvalue weighted by Gasteiger charge is -2.18. The van der Waals surface area contributed by atoms with Crippen LogP contribution in [0.15, 0.2) is 30.5 Å². The molecule has 25 heavy (non-hydrogen) atoms. The number of aromatic nitrogens is 1. The molecule has 1 N–H and O–H groups in total. The summed E-state index contributed by atoms with van der Waals surface area (Å²) in [7, 11) is 0. The Bertz CT molecular complexity index is 811. The third kappa shape index (κ3) is 3.46. The molecule has 2 heterocycles. The smallest absolute Gasteiger partial charge is 0.260 e. The summed E-state index contributed by atoms with van der Waals surface area (Å²) in [6.45, 7) is 3.56.